The van der Waals surface area contributed by atoms with Crippen molar-refractivity contribution in [2.75, 3.05) is 41.7 Å². The van der Waals surface area contributed by atoms with Gasteiger partial charge in [0.25, 0.3) is 11.5 Å². The molecule has 1 amide bonds. The van der Waals surface area contributed by atoms with E-state index in [-0.39, 0.29) is 17.1 Å². The smallest absolute Gasteiger partial charge is 0.381 e. The van der Waals surface area contributed by atoms with Crippen molar-refractivity contribution in [1.29, 1.82) is 0 Å². The first-order valence-electron chi connectivity index (χ1n) is 11.3. The lowest BCUT2D eigenvalue weighted by Gasteiger charge is -2.37. The highest BCUT2D eigenvalue weighted by molar-refractivity contribution is 5.86. The minimum Gasteiger partial charge on any atom is -0.381 e. The zero-order valence-electron chi connectivity index (χ0n) is 19.9. The molecular weight excluding hydrogens is 473 g/mol. The molecule has 1 fully saturated rings. The van der Waals surface area contributed by atoms with Crippen molar-refractivity contribution >= 4 is 23.2 Å². The van der Waals surface area contributed by atoms with Gasteiger partial charge >= 0.3 is 6.18 Å². The normalized spacial score (nSPS) is 16.1. The minimum atomic E-state index is -5.31. The summed E-state index contributed by atoms with van der Waals surface area (Å²) in [6.45, 7) is 6.41. The van der Waals surface area contributed by atoms with Crippen LogP contribution in [0.4, 0.5) is 30.5 Å². The summed E-state index contributed by atoms with van der Waals surface area (Å²) in [4.78, 5) is 24.7. The first kappa shape index (κ1) is 25.2. The number of alkyl halides is 3. The van der Waals surface area contributed by atoms with Crippen molar-refractivity contribution in [3.8, 4) is 11.3 Å². The average Bonchev–Trinajstić information content (AvgIpc) is 2.84. The SMILES string of the molecule is Cc1ccc(C(O)(C(N)=O)C(F)(F)F)cc1-c1cnc(N)c(N2CCN(c3ccccc3C)CC2)n1. The molecule has 36 heavy (non-hydrogen) atoms. The molecule has 1 aromatic heterocycles. The number of nitrogens with two attached hydrogens (primary N) is 2. The third kappa shape index (κ3) is 4.41. The van der Waals surface area contributed by atoms with E-state index in [1.165, 1.54) is 17.8 Å². The summed E-state index contributed by atoms with van der Waals surface area (Å²) in [5.74, 6) is -1.30. The topological polar surface area (TPSA) is 122 Å². The van der Waals surface area contributed by atoms with Crippen LogP contribution in [-0.2, 0) is 10.4 Å². The van der Waals surface area contributed by atoms with E-state index in [1.54, 1.807) is 6.92 Å². The van der Waals surface area contributed by atoms with Crippen LogP contribution in [0.25, 0.3) is 11.3 Å². The van der Waals surface area contributed by atoms with Gasteiger partial charge in [0.2, 0.25) is 0 Å². The Balaban J connectivity index is 1.65. The van der Waals surface area contributed by atoms with Crippen LogP contribution in [0.1, 0.15) is 16.7 Å². The summed E-state index contributed by atoms with van der Waals surface area (Å²) in [6.07, 6.45) is -3.95. The molecule has 0 saturated carbocycles. The second kappa shape index (κ2) is 9.30. The summed E-state index contributed by atoms with van der Waals surface area (Å²) in [7, 11) is 0. The number of anilines is 3. The highest BCUT2D eigenvalue weighted by Crippen LogP contribution is 2.40. The van der Waals surface area contributed by atoms with Crippen molar-refractivity contribution in [2.24, 2.45) is 5.73 Å². The standard InChI is InChI=1S/C25H27F3N6O2/c1-15-7-8-17(24(36,23(30)35)25(26,27)28)13-18(15)19-14-31-21(29)22(32-19)34-11-9-33(10-12-34)20-6-4-3-5-16(20)2/h3-8,13-14,36H,9-12H2,1-2H3,(H2,29,31)(H2,30,35). The number of hydrogen-bond acceptors (Lipinski definition) is 7. The Kier molecular flexibility index (Phi) is 6.52. The quantitative estimate of drug-likeness (QED) is 0.493. The number of rotatable bonds is 5. The number of primary amides is 1. The maximum Gasteiger partial charge on any atom is 0.430 e. The Labute approximate surface area is 206 Å². The van der Waals surface area contributed by atoms with E-state index < -0.39 is 23.2 Å². The molecular formula is C25H27F3N6O2. The Morgan fingerprint density at radius 2 is 1.64 bits per heavy atom. The first-order chi connectivity index (χ1) is 16.9. The van der Waals surface area contributed by atoms with Gasteiger partial charge in [-0.2, -0.15) is 13.2 Å². The summed E-state index contributed by atoms with van der Waals surface area (Å²) in [6, 6.07) is 11.6. The van der Waals surface area contributed by atoms with Crippen LogP contribution in [0.15, 0.2) is 48.7 Å². The highest BCUT2D eigenvalue weighted by atomic mass is 19.4. The molecule has 1 aliphatic heterocycles. The van der Waals surface area contributed by atoms with Crippen LogP contribution in [0.2, 0.25) is 0 Å². The molecule has 0 bridgehead atoms. The van der Waals surface area contributed by atoms with E-state index in [4.69, 9.17) is 11.5 Å². The third-order valence-electron chi connectivity index (χ3n) is 6.51. The predicted molar refractivity (Wildman–Crippen MR) is 131 cm³/mol. The number of carbonyl (C=O) groups excluding carboxylic acids is 1. The van der Waals surface area contributed by atoms with Crippen molar-refractivity contribution < 1.29 is 23.1 Å². The van der Waals surface area contributed by atoms with Gasteiger partial charge < -0.3 is 26.4 Å². The Bertz CT molecular complexity index is 1290. The maximum absolute atomic E-state index is 13.6. The first-order valence-corrected chi connectivity index (χ1v) is 11.3. The van der Waals surface area contributed by atoms with E-state index in [9.17, 15) is 23.1 Å². The molecule has 8 nitrogen and oxygen atoms in total. The molecule has 11 heteroatoms. The van der Waals surface area contributed by atoms with Crippen LogP contribution in [-0.4, -0.2) is 53.3 Å². The molecule has 4 rings (SSSR count). The molecule has 0 radical (unpaired) electrons. The van der Waals surface area contributed by atoms with Gasteiger partial charge in [0.15, 0.2) is 11.6 Å². The van der Waals surface area contributed by atoms with E-state index in [0.29, 0.717) is 24.5 Å². The predicted octanol–water partition coefficient (Wildman–Crippen LogP) is 2.90. The van der Waals surface area contributed by atoms with E-state index >= 15 is 0 Å². The van der Waals surface area contributed by atoms with Gasteiger partial charge in [-0.3, -0.25) is 4.79 Å². The molecule has 1 aliphatic rings. The number of benzene rings is 2. The van der Waals surface area contributed by atoms with Gasteiger partial charge in [0.05, 0.1) is 11.9 Å². The number of nitrogen functional groups attached to an aromatic ring is 1. The lowest BCUT2D eigenvalue weighted by molar-refractivity contribution is -0.255. The number of carbonyl (C=O) groups is 1. The zero-order chi connectivity index (χ0) is 26.3. The number of nitrogens with zero attached hydrogens (tertiary/aromatic N) is 4. The van der Waals surface area contributed by atoms with Crippen LogP contribution < -0.4 is 21.3 Å². The van der Waals surface area contributed by atoms with Gasteiger partial charge in [-0.1, -0.05) is 30.3 Å². The van der Waals surface area contributed by atoms with Crippen molar-refractivity contribution in [3.63, 3.8) is 0 Å². The van der Waals surface area contributed by atoms with Crippen LogP contribution in [0, 0.1) is 13.8 Å². The van der Waals surface area contributed by atoms with Crippen LogP contribution >= 0.6 is 0 Å². The number of amides is 1. The van der Waals surface area contributed by atoms with Crippen molar-refractivity contribution in [3.05, 3.63) is 65.4 Å². The summed E-state index contributed by atoms with van der Waals surface area (Å²) in [5.41, 5.74) is 9.97. The molecule has 2 aromatic carbocycles. The number of para-hydroxylation sites is 1. The summed E-state index contributed by atoms with van der Waals surface area (Å²) < 4.78 is 40.8. The van der Waals surface area contributed by atoms with Crippen LogP contribution in [0.5, 0.6) is 0 Å². The number of piperazine rings is 1. The monoisotopic (exact) mass is 500 g/mol. The molecule has 5 N–H and O–H groups in total. The molecule has 1 saturated heterocycles. The summed E-state index contributed by atoms with van der Waals surface area (Å²) in [5, 5.41) is 10.2. The molecule has 0 spiro atoms. The van der Waals surface area contributed by atoms with Crippen molar-refractivity contribution in [2.45, 2.75) is 25.6 Å². The lowest BCUT2D eigenvalue weighted by Crippen LogP contribution is -2.52. The zero-order valence-corrected chi connectivity index (χ0v) is 19.9. The molecule has 1 unspecified atom stereocenters. The minimum absolute atomic E-state index is 0.195. The van der Waals surface area contributed by atoms with Gasteiger partial charge in [0.1, 0.15) is 0 Å². The number of aryl methyl sites for hydroxylation is 2. The van der Waals surface area contributed by atoms with Gasteiger partial charge in [-0.05, 0) is 37.1 Å². The Morgan fingerprint density at radius 1 is 1.00 bits per heavy atom. The van der Waals surface area contributed by atoms with Crippen LogP contribution in [0.3, 0.4) is 0 Å². The maximum atomic E-state index is 13.6. The summed E-state index contributed by atoms with van der Waals surface area (Å²) >= 11 is 0. The van der Waals surface area contributed by atoms with Crippen molar-refractivity contribution in [1.82, 2.24) is 9.97 Å². The molecule has 2 heterocycles. The molecule has 190 valence electrons. The Morgan fingerprint density at radius 3 is 2.25 bits per heavy atom. The highest BCUT2D eigenvalue weighted by Gasteiger charge is 2.60. The lowest BCUT2D eigenvalue weighted by atomic mass is 9.89. The largest absolute Gasteiger partial charge is 0.430 e. The Hall–Kier alpha value is -3.86. The fourth-order valence-corrected chi connectivity index (χ4v) is 4.40. The van der Waals surface area contributed by atoms with Gasteiger partial charge in [-0.25, -0.2) is 9.97 Å². The van der Waals surface area contributed by atoms with E-state index in [0.717, 1.165) is 30.9 Å². The number of halogens is 3. The molecule has 3 aromatic rings. The average molecular weight is 501 g/mol. The second-order valence-electron chi connectivity index (χ2n) is 8.83. The van der Waals surface area contributed by atoms with Gasteiger partial charge in [-0.15, -0.1) is 0 Å². The number of hydrogen-bond donors (Lipinski definition) is 3. The van der Waals surface area contributed by atoms with E-state index in [1.807, 2.05) is 17.0 Å². The fourth-order valence-electron chi connectivity index (χ4n) is 4.40. The fraction of sp³-hybridized carbons (Fsp3) is 0.320. The molecule has 1 atom stereocenters. The second-order valence-corrected chi connectivity index (χ2v) is 8.83. The number of aromatic nitrogens is 2. The van der Waals surface area contributed by atoms with Gasteiger partial charge in [0, 0.05) is 43.0 Å². The third-order valence-corrected chi connectivity index (χ3v) is 6.51. The van der Waals surface area contributed by atoms with E-state index in [2.05, 4.69) is 33.9 Å². The molecule has 0 aliphatic carbocycles. The number of aliphatic hydroxyl groups is 1.